The van der Waals surface area contributed by atoms with Crippen LogP contribution in [-0.2, 0) is 9.53 Å². The van der Waals surface area contributed by atoms with Crippen LogP contribution in [0.3, 0.4) is 0 Å². The maximum absolute atomic E-state index is 11.8. The van der Waals surface area contributed by atoms with Crippen LogP contribution in [0.1, 0.15) is 10.4 Å². The smallest absolute Gasteiger partial charge is 0.337 e. The molecule has 2 N–H and O–H groups in total. The molecule has 142 valence electrons. The second kappa shape index (κ2) is 9.76. The van der Waals surface area contributed by atoms with E-state index in [4.69, 9.17) is 4.74 Å². The lowest BCUT2D eigenvalue weighted by Crippen LogP contribution is -2.32. The zero-order chi connectivity index (χ0) is 19.6. The Morgan fingerprint density at radius 2 is 1.85 bits per heavy atom. The standard InChI is InChI=1S/C18H19N3O6/c1-26-18(23)13-3-2-4-16(11-13)27-12-17(22)20-10-9-19-14-5-7-15(8-6-14)21(24)25/h2-8,11,19H,9-10,12H2,1H3,(H,20,22). The van der Waals surface area contributed by atoms with Crippen molar-refractivity contribution < 1.29 is 24.0 Å². The Morgan fingerprint density at radius 3 is 2.52 bits per heavy atom. The number of non-ortho nitro benzene ring substituents is 1. The van der Waals surface area contributed by atoms with Gasteiger partial charge in [-0.05, 0) is 30.3 Å². The SMILES string of the molecule is COC(=O)c1cccc(OCC(=O)NCCNc2ccc([N+](=O)[O-])cc2)c1. The van der Waals surface area contributed by atoms with Crippen LogP contribution in [0.2, 0.25) is 0 Å². The normalized spacial score (nSPS) is 9.96. The van der Waals surface area contributed by atoms with Crippen molar-refractivity contribution in [1.82, 2.24) is 5.32 Å². The van der Waals surface area contributed by atoms with Gasteiger partial charge in [0.25, 0.3) is 11.6 Å². The van der Waals surface area contributed by atoms with Crippen molar-refractivity contribution in [2.45, 2.75) is 0 Å². The number of hydrogen-bond donors (Lipinski definition) is 2. The Morgan fingerprint density at radius 1 is 1.11 bits per heavy atom. The predicted octanol–water partition coefficient (Wildman–Crippen LogP) is 1.99. The van der Waals surface area contributed by atoms with Crippen molar-refractivity contribution in [2.75, 3.05) is 32.1 Å². The summed E-state index contributed by atoms with van der Waals surface area (Å²) >= 11 is 0. The number of amides is 1. The first-order valence-electron chi connectivity index (χ1n) is 8.06. The van der Waals surface area contributed by atoms with Crippen LogP contribution in [0, 0.1) is 10.1 Å². The highest BCUT2D eigenvalue weighted by Gasteiger charge is 2.08. The van der Waals surface area contributed by atoms with Crippen LogP contribution in [0.5, 0.6) is 5.75 Å². The van der Waals surface area contributed by atoms with Gasteiger partial charge in [0.05, 0.1) is 17.6 Å². The highest BCUT2D eigenvalue weighted by Crippen LogP contribution is 2.15. The lowest BCUT2D eigenvalue weighted by Gasteiger charge is -2.09. The zero-order valence-electron chi connectivity index (χ0n) is 14.6. The average Bonchev–Trinajstić information content (AvgIpc) is 2.69. The van der Waals surface area contributed by atoms with Crippen LogP contribution >= 0.6 is 0 Å². The van der Waals surface area contributed by atoms with Crippen LogP contribution in [-0.4, -0.2) is 43.6 Å². The van der Waals surface area contributed by atoms with Crippen molar-refractivity contribution in [1.29, 1.82) is 0 Å². The number of carbonyl (C=O) groups excluding carboxylic acids is 2. The van der Waals surface area contributed by atoms with Gasteiger partial charge in [-0.2, -0.15) is 0 Å². The number of hydrogen-bond acceptors (Lipinski definition) is 7. The first kappa shape index (κ1) is 19.7. The number of nitro benzene ring substituents is 1. The molecule has 0 unspecified atom stereocenters. The van der Waals surface area contributed by atoms with E-state index >= 15 is 0 Å². The second-order valence-corrected chi connectivity index (χ2v) is 5.39. The quantitative estimate of drug-likeness (QED) is 0.298. The monoisotopic (exact) mass is 373 g/mol. The summed E-state index contributed by atoms with van der Waals surface area (Å²) in [6.07, 6.45) is 0. The minimum atomic E-state index is -0.484. The lowest BCUT2D eigenvalue weighted by molar-refractivity contribution is -0.384. The Bertz CT molecular complexity index is 807. The molecule has 27 heavy (non-hydrogen) atoms. The molecular formula is C18H19N3O6. The highest BCUT2D eigenvalue weighted by atomic mass is 16.6. The van der Waals surface area contributed by atoms with E-state index in [1.807, 2.05) is 0 Å². The number of rotatable bonds is 9. The number of carbonyl (C=O) groups is 2. The molecule has 0 aliphatic rings. The topological polar surface area (TPSA) is 120 Å². The number of esters is 1. The molecule has 2 aromatic carbocycles. The minimum Gasteiger partial charge on any atom is -0.484 e. The van der Waals surface area contributed by atoms with Crippen LogP contribution in [0.25, 0.3) is 0 Å². The molecule has 2 aromatic rings. The molecule has 0 aliphatic carbocycles. The van der Waals surface area contributed by atoms with Gasteiger partial charge in [-0.1, -0.05) is 6.07 Å². The molecule has 2 rings (SSSR count). The van der Waals surface area contributed by atoms with Crippen LogP contribution < -0.4 is 15.4 Å². The largest absolute Gasteiger partial charge is 0.484 e. The molecule has 0 spiro atoms. The summed E-state index contributed by atoms with van der Waals surface area (Å²) in [6.45, 7) is 0.602. The Labute approximate surface area is 155 Å². The maximum Gasteiger partial charge on any atom is 0.337 e. The molecule has 0 fully saturated rings. The van der Waals surface area contributed by atoms with Crippen molar-refractivity contribution in [3.63, 3.8) is 0 Å². The van der Waals surface area contributed by atoms with E-state index in [0.717, 1.165) is 0 Å². The van der Waals surface area contributed by atoms with Gasteiger partial charge in [-0.25, -0.2) is 4.79 Å². The summed E-state index contributed by atoms with van der Waals surface area (Å²) in [5.41, 5.74) is 1.07. The van der Waals surface area contributed by atoms with E-state index in [9.17, 15) is 19.7 Å². The fourth-order valence-corrected chi connectivity index (χ4v) is 2.14. The molecule has 1 amide bonds. The van der Waals surface area contributed by atoms with E-state index in [0.29, 0.717) is 30.1 Å². The molecule has 0 radical (unpaired) electrons. The van der Waals surface area contributed by atoms with Gasteiger partial charge in [0.1, 0.15) is 5.75 Å². The number of anilines is 1. The predicted molar refractivity (Wildman–Crippen MR) is 97.9 cm³/mol. The fourth-order valence-electron chi connectivity index (χ4n) is 2.14. The third kappa shape index (κ3) is 6.31. The first-order valence-corrected chi connectivity index (χ1v) is 8.06. The molecule has 0 saturated carbocycles. The third-order valence-corrected chi connectivity index (χ3v) is 3.48. The second-order valence-electron chi connectivity index (χ2n) is 5.39. The molecule has 0 aliphatic heterocycles. The van der Waals surface area contributed by atoms with Crippen molar-refractivity contribution in [3.05, 3.63) is 64.2 Å². The highest BCUT2D eigenvalue weighted by molar-refractivity contribution is 5.89. The number of benzene rings is 2. The first-order chi connectivity index (χ1) is 13.0. The number of methoxy groups -OCH3 is 1. The Hall–Kier alpha value is -3.62. The lowest BCUT2D eigenvalue weighted by atomic mass is 10.2. The van der Waals surface area contributed by atoms with Gasteiger partial charge in [0, 0.05) is 30.9 Å². The van der Waals surface area contributed by atoms with E-state index in [1.54, 1.807) is 30.3 Å². The number of nitro groups is 1. The van der Waals surface area contributed by atoms with E-state index < -0.39 is 10.9 Å². The van der Waals surface area contributed by atoms with Gasteiger partial charge >= 0.3 is 5.97 Å². The average molecular weight is 373 g/mol. The molecule has 9 heteroatoms. The van der Waals surface area contributed by atoms with E-state index in [1.165, 1.54) is 25.3 Å². The van der Waals surface area contributed by atoms with Gasteiger partial charge < -0.3 is 20.1 Å². The third-order valence-electron chi connectivity index (χ3n) is 3.48. The van der Waals surface area contributed by atoms with Crippen molar-refractivity contribution in [2.24, 2.45) is 0 Å². The van der Waals surface area contributed by atoms with Gasteiger partial charge in [-0.15, -0.1) is 0 Å². The molecule has 0 aromatic heterocycles. The number of nitrogens with zero attached hydrogens (tertiary/aromatic N) is 1. The van der Waals surface area contributed by atoms with Gasteiger partial charge in [-0.3, -0.25) is 14.9 Å². The van der Waals surface area contributed by atoms with E-state index in [-0.39, 0.29) is 18.2 Å². The summed E-state index contributed by atoms with van der Waals surface area (Å²) in [6, 6.07) is 12.3. The van der Waals surface area contributed by atoms with Crippen LogP contribution in [0.15, 0.2) is 48.5 Å². The van der Waals surface area contributed by atoms with Gasteiger partial charge in [0.15, 0.2) is 6.61 Å². The summed E-state index contributed by atoms with van der Waals surface area (Å²) < 4.78 is 9.97. The van der Waals surface area contributed by atoms with Crippen molar-refractivity contribution in [3.8, 4) is 5.75 Å². The summed E-state index contributed by atoms with van der Waals surface area (Å²) in [5, 5.41) is 16.3. The maximum atomic E-state index is 11.8. The number of nitrogens with one attached hydrogen (secondary N) is 2. The molecular weight excluding hydrogens is 354 g/mol. The molecule has 0 heterocycles. The Balaban J connectivity index is 1.69. The fraction of sp³-hybridized carbons (Fsp3) is 0.222. The van der Waals surface area contributed by atoms with Gasteiger partial charge in [0.2, 0.25) is 0 Å². The summed E-state index contributed by atoms with van der Waals surface area (Å²) in [4.78, 5) is 33.4. The number of ether oxygens (including phenoxy) is 2. The molecule has 0 bridgehead atoms. The summed E-state index contributed by atoms with van der Waals surface area (Å²) in [5.74, 6) is -0.414. The molecule has 0 saturated heterocycles. The molecule has 9 nitrogen and oxygen atoms in total. The van der Waals surface area contributed by atoms with Crippen LogP contribution in [0.4, 0.5) is 11.4 Å². The zero-order valence-corrected chi connectivity index (χ0v) is 14.6. The Kier molecular flexibility index (Phi) is 7.12. The summed E-state index contributed by atoms with van der Waals surface area (Å²) in [7, 11) is 1.29. The van der Waals surface area contributed by atoms with E-state index in [2.05, 4.69) is 15.4 Å². The van der Waals surface area contributed by atoms with Crippen molar-refractivity contribution >= 4 is 23.3 Å². The minimum absolute atomic E-state index is 0.0160. The molecule has 0 atom stereocenters.